The number of hydrogen-bond donors (Lipinski definition) is 1. The van der Waals surface area contributed by atoms with Crippen molar-refractivity contribution in [1.29, 1.82) is 0 Å². The van der Waals surface area contributed by atoms with Crippen LogP contribution >= 0.6 is 11.6 Å². The topological polar surface area (TPSA) is 32.5 Å². The molecule has 1 saturated heterocycles. The van der Waals surface area contributed by atoms with Crippen molar-refractivity contribution in [3.63, 3.8) is 0 Å². The van der Waals surface area contributed by atoms with Crippen LogP contribution in [0.4, 0.5) is 0 Å². The zero-order valence-electron chi connectivity index (χ0n) is 13.3. The minimum Gasteiger partial charge on any atom is -0.324 e. The number of rotatable bonds is 6. The van der Waals surface area contributed by atoms with Gasteiger partial charge < -0.3 is 10.6 Å². The third-order valence-electron chi connectivity index (χ3n) is 4.68. The summed E-state index contributed by atoms with van der Waals surface area (Å²) in [5.74, 6) is 0. The highest BCUT2D eigenvalue weighted by Gasteiger charge is 2.20. The first-order chi connectivity index (χ1) is 10.1. The van der Waals surface area contributed by atoms with Crippen molar-refractivity contribution in [1.82, 2.24) is 9.80 Å². The number of nitrogens with two attached hydrogens (primary N) is 1. The Kier molecular flexibility index (Phi) is 6.49. The van der Waals surface area contributed by atoms with Crippen LogP contribution in [0, 0.1) is 0 Å². The van der Waals surface area contributed by atoms with Gasteiger partial charge in [0.25, 0.3) is 0 Å². The average molecular weight is 310 g/mol. The number of nitrogens with zero attached hydrogens (tertiary/aromatic N) is 2. The normalized spacial score (nSPS) is 20.4. The molecule has 0 bridgehead atoms. The SMILES string of the molecule is CCC(C)N1CCN(CCC(N)c2ccc(Cl)cc2)CC1. The molecule has 1 aromatic rings. The Hall–Kier alpha value is -0.610. The maximum Gasteiger partial charge on any atom is 0.0406 e. The van der Waals surface area contributed by atoms with E-state index >= 15 is 0 Å². The van der Waals surface area contributed by atoms with Crippen LogP contribution in [0.2, 0.25) is 5.02 Å². The summed E-state index contributed by atoms with van der Waals surface area (Å²) in [6, 6.07) is 8.73. The summed E-state index contributed by atoms with van der Waals surface area (Å²) in [7, 11) is 0. The van der Waals surface area contributed by atoms with E-state index in [2.05, 4.69) is 23.6 Å². The Morgan fingerprint density at radius 2 is 1.76 bits per heavy atom. The van der Waals surface area contributed by atoms with Gasteiger partial charge in [-0.1, -0.05) is 30.7 Å². The van der Waals surface area contributed by atoms with Gasteiger partial charge in [-0.25, -0.2) is 0 Å². The fourth-order valence-corrected chi connectivity index (χ4v) is 3.01. The lowest BCUT2D eigenvalue weighted by molar-refractivity contribution is 0.0987. The summed E-state index contributed by atoms with van der Waals surface area (Å²) in [6.07, 6.45) is 2.24. The van der Waals surface area contributed by atoms with Crippen LogP contribution in [-0.2, 0) is 0 Å². The molecular formula is C17H28ClN3. The quantitative estimate of drug-likeness (QED) is 0.876. The molecule has 0 radical (unpaired) electrons. The van der Waals surface area contributed by atoms with E-state index in [-0.39, 0.29) is 6.04 Å². The van der Waals surface area contributed by atoms with Crippen LogP contribution in [0.1, 0.15) is 38.3 Å². The zero-order chi connectivity index (χ0) is 15.2. The highest BCUT2D eigenvalue weighted by molar-refractivity contribution is 6.30. The molecule has 1 aliphatic heterocycles. The molecule has 2 N–H and O–H groups in total. The van der Waals surface area contributed by atoms with E-state index in [9.17, 15) is 0 Å². The van der Waals surface area contributed by atoms with Crippen molar-refractivity contribution in [3.8, 4) is 0 Å². The van der Waals surface area contributed by atoms with Crippen LogP contribution in [0.15, 0.2) is 24.3 Å². The lowest BCUT2D eigenvalue weighted by Gasteiger charge is -2.38. The first-order valence-corrected chi connectivity index (χ1v) is 8.45. The molecule has 0 saturated carbocycles. The minimum absolute atomic E-state index is 0.106. The Labute approximate surface area is 134 Å². The third kappa shape index (κ3) is 4.96. The van der Waals surface area contributed by atoms with Gasteiger partial charge in [0.2, 0.25) is 0 Å². The first kappa shape index (κ1) is 16.8. The lowest BCUT2D eigenvalue weighted by atomic mass is 10.0. The summed E-state index contributed by atoms with van der Waals surface area (Å²) in [4.78, 5) is 5.13. The molecule has 1 aromatic carbocycles. The van der Waals surface area contributed by atoms with E-state index < -0.39 is 0 Å². The van der Waals surface area contributed by atoms with Crippen molar-refractivity contribution in [3.05, 3.63) is 34.9 Å². The molecule has 2 rings (SSSR count). The minimum atomic E-state index is 0.106. The van der Waals surface area contributed by atoms with Gasteiger partial charge in [-0.2, -0.15) is 0 Å². The van der Waals surface area contributed by atoms with Crippen molar-refractivity contribution >= 4 is 11.6 Å². The molecule has 1 heterocycles. The third-order valence-corrected chi connectivity index (χ3v) is 4.93. The van der Waals surface area contributed by atoms with Crippen molar-refractivity contribution in [2.75, 3.05) is 32.7 Å². The zero-order valence-corrected chi connectivity index (χ0v) is 14.0. The van der Waals surface area contributed by atoms with Gasteiger partial charge in [-0.3, -0.25) is 4.90 Å². The van der Waals surface area contributed by atoms with E-state index in [1.807, 2.05) is 24.3 Å². The Morgan fingerprint density at radius 3 is 2.33 bits per heavy atom. The summed E-state index contributed by atoms with van der Waals surface area (Å²) in [5.41, 5.74) is 7.46. The smallest absolute Gasteiger partial charge is 0.0406 e. The molecule has 0 amide bonds. The van der Waals surface area contributed by atoms with E-state index in [0.29, 0.717) is 6.04 Å². The van der Waals surface area contributed by atoms with Crippen molar-refractivity contribution in [2.24, 2.45) is 5.73 Å². The van der Waals surface area contributed by atoms with Gasteiger partial charge in [-0.05, 0) is 37.5 Å². The largest absolute Gasteiger partial charge is 0.324 e. The summed E-state index contributed by atoms with van der Waals surface area (Å²) in [6.45, 7) is 10.4. The number of halogens is 1. The number of piperazine rings is 1. The van der Waals surface area contributed by atoms with Crippen LogP contribution in [0.25, 0.3) is 0 Å². The van der Waals surface area contributed by atoms with Crippen molar-refractivity contribution < 1.29 is 0 Å². The van der Waals surface area contributed by atoms with Gasteiger partial charge in [0, 0.05) is 49.8 Å². The molecule has 0 aliphatic carbocycles. The standard InChI is InChI=1S/C17H28ClN3/c1-3-14(2)21-12-10-20(11-13-21)9-8-17(19)15-4-6-16(18)7-5-15/h4-7,14,17H,3,8-13,19H2,1-2H3. The molecule has 1 fully saturated rings. The van der Waals surface area contributed by atoms with Gasteiger partial charge in [0.05, 0.1) is 0 Å². The molecule has 0 aromatic heterocycles. The highest BCUT2D eigenvalue weighted by Crippen LogP contribution is 2.18. The molecule has 0 spiro atoms. The van der Waals surface area contributed by atoms with Crippen LogP contribution in [0.5, 0.6) is 0 Å². The van der Waals surface area contributed by atoms with Gasteiger partial charge in [0.1, 0.15) is 0 Å². The number of hydrogen-bond acceptors (Lipinski definition) is 3. The molecule has 118 valence electrons. The molecule has 4 heteroatoms. The Morgan fingerprint density at radius 1 is 1.14 bits per heavy atom. The van der Waals surface area contributed by atoms with Gasteiger partial charge in [0.15, 0.2) is 0 Å². The van der Waals surface area contributed by atoms with E-state index in [1.165, 1.54) is 25.1 Å². The molecule has 3 nitrogen and oxygen atoms in total. The predicted octanol–water partition coefficient (Wildman–Crippen LogP) is 3.15. The van der Waals surface area contributed by atoms with Crippen molar-refractivity contribution in [2.45, 2.75) is 38.8 Å². The van der Waals surface area contributed by atoms with E-state index in [0.717, 1.165) is 31.1 Å². The van der Waals surface area contributed by atoms with E-state index in [1.54, 1.807) is 0 Å². The second-order valence-corrected chi connectivity index (χ2v) is 6.52. The molecule has 21 heavy (non-hydrogen) atoms. The van der Waals surface area contributed by atoms with E-state index in [4.69, 9.17) is 17.3 Å². The Bertz CT molecular complexity index is 413. The molecule has 2 atom stereocenters. The first-order valence-electron chi connectivity index (χ1n) is 8.07. The molecule has 1 aliphatic rings. The fraction of sp³-hybridized carbons (Fsp3) is 0.647. The van der Waals surface area contributed by atoms with Crippen LogP contribution < -0.4 is 5.73 Å². The lowest BCUT2D eigenvalue weighted by Crippen LogP contribution is -2.49. The molecular weight excluding hydrogens is 282 g/mol. The summed E-state index contributed by atoms with van der Waals surface area (Å²) < 4.78 is 0. The molecule has 2 unspecified atom stereocenters. The maximum atomic E-state index is 6.28. The monoisotopic (exact) mass is 309 g/mol. The number of benzene rings is 1. The van der Waals surface area contributed by atoms with Crippen LogP contribution in [-0.4, -0.2) is 48.6 Å². The summed E-state index contributed by atoms with van der Waals surface area (Å²) >= 11 is 5.91. The van der Waals surface area contributed by atoms with Gasteiger partial charge >= 0.3 is 0 Å². The predicted molar refractivity (Wildman–Crippen MR) is 90.8 cm³/mol. The highest BCUT2D eigenvalue weighted by atomic mass is 35.5. The second-order valence-electron chi connectivity index (χ2n) is 6.08. The van der Waals surface area contributed by atoms with Gasteiger partial charge in [-0.15, -0.1) is 0 Å². The maximum absolute atomic E-state index is 6.28. The summed E-state index contributed by atoms with van der Waals surface area (Å²) in [5, 5.41) is 0.770. The second kappa shape index (κ2) is 8.14. The Balaban J connectivity index is 1.73. The fourth-order valence-electron chi connectivity index (χ4n) is 2.88. The van der Waals surface area contributed by atoms with Crippen LogP contribution in [0.3, 0.4) is 0 Å². The average Bonchev–Trinajstić information content (AvgIpc) is 2.53.